The summed E-state index contributed by atoms with van der Waals surface area (Å²) in [5.74, 6) is -5.71. The first-order chi connectivity index (χ1) is 25.9. The number of aliphatic carboxylic acids is 6. The van der Waals surface area contributed by atoms with Gasteiger partial charge >= 0.3 is 52.4 Å². The Morgan fingerprint density at radius 3 is 0.321 bits per heavy atom. The number of rotatable bonds is 39. The van der Waals surface area contributed by atoms with Crippen LogP contribution < -0.4 is 30.6 Å². The molecule has 0 aliphatic heterocycles. The maximum Gasteiger partial charge on any atom is 3.00 e. The van der Waals surface area contributed by atoms with E-state index < -0.39 is 35.8 Å². The molecule has 0 N–H and O–H groups in total. The van der Waals surface area contributed by atoms with E-state index >= 15 is 0 Å². The van der Waals surface area contributed by atoms with Crippen LogP contribution in [0, 0.1) is 0 Å². The van der Waals surface area contributed by atoms with Crippen molar-refractivity contribution in [3.8, 4) is 0 Å². The summed E-state index contributed by atoms with van der Waals surface area (Å²) in [6.45, 7) is 0. The number of carbonyl (C=O) groups excluding carboxylic acids is 6. The van der Waals surface area contributed by atoms with Gasteiger partial charge in [-0.15, -0.1) is 0 Å². The van der Waals surface area contributed by atoms with Crippen molar-refractivity contribution >= 4 is 88.2 Å². The molecule has 0 aliphatic carbocycles. The molecule has 0 rings (SSSR count). The predicted octanol–water partition coefficient (Wildman–Crippen LogP) is 2.74. The number of carbonyl (C=O) groups is 6. The Hall–Kier alpha value is -1.41. The fourth-order valence-corrected chi connectivity index (χ4v) is 5.86. The van der Waals surface area contributed by atoms with Crippen LogP contribution in [0.3, 0.4) is 0 Å². The molecule has 0 amide bonds. The van der Waals surface area contributed by atoms with Crippen molar-refractivity contribution in [1.82, 2.24) is 0 Å². The van der Waals surface area contributed by atoms with E-state index in [-0.39, 0.29) is 90.9 Å². The Morgan fingerprint density at radius 1 is 0.179 bits per heavy atom. The molecular weight excluding hydrogens is 1110 g/mol. The molecule has 322 valence electrons. The van der Waals surface area contributed by atoms with Crippen molar-refractivity contribution in [2.45, 2.75) is 231 Å². The van der Waals surface area contributed by atoms with E-state index in [1.807, 2.05) is 0 Å². The van der Waals surface area contributed by atoms with E-state index in [9.17, 15) is 59.4 Å². The summed E-state index contributed by atoms with van der Waals surface area (Å²) < 4.78 is 0. The first-order valence-corrected chi connectivity index (χ1v) is 21.1. The van der Waals surface area contributed by atoms with Gasteiger partial charge in [0.05, 0.1) is 0 Å². The average Bonchev–Trinajstić information content (AvgIpc) is 3.09. The molecule has 0 spiro atoms. The fourth-order valence-electron chi connectivity index (χ4n) is 5.86. The minimum atomic E-state index is -0.952. The monoisotopic (exact) mass is 1190 g/mol. The second-order valence-corrected chi connectivity index (χ2v) is 14.3. The maximum absolute atomic E-state index is 10.2. The SMILES string of the molecule is O=C([O-])CCCCCCCCCCCCC(=O)[O-].O=C([O-])CCCCCCCCCCCCC(=O)[O-].O=C([O-])CCCCCCCCCCCCC(=O)[O-].[Bi+3].[Bi+3]. The third kappa shape index (κ3) is 73.7. The van der Waals surface area contributed by atoms with Crippen LogP contribution in [0.1, 0.15) is 231 Å². The van der Waals surface area contributed by atoms with Gasteiger partial charge in [0.1, 0.15) is 0 Å². The molecule has 0 fully saturated rings. The molecule has 56 heavy (non-hydrogen) atoms. The van der Waals surface area contributed by atoms with E-state index in [0.29, 0.717) is 0 Å². The van der Waals surface area contributed by atoms with Crippen LogP contribution in [-0.4, -0.2) is 88.2 Å². The molecule has 0 aromatic heterocycles. The van der Waals surface area contributed by atoms with E-state index in [1.165, 1.54) is 38.5 Å². The molecule has 0 unspecified atom stereocenters. The van der Waals surface area contributed by atoms with Crippen molar-refractivity contribution in [3.63, 3.8) is 0 Å². The number of carboxylic acids is 6. The smallest absolute Gasteiger partial charge is 0.550 e. The molecule has 14 heteroatoms. The molecule has 0 saturated carbocycles. The summed E-state index contributed by atoms with van der Waals surface area (Å²) >= 11 is 0. The Labute approximate surface area is 376 Å². The summed E-state index contributed by atoms with van der Waals surface area (Å²) in [7, 11) is 0. The van der Waals surface area contributed by atoms with Gasteiger partial charge in [-0.3, -0.25) is 0 Å². The van der Waals surface area contributed by atoms with Crippen LogP contribution in [0.15, 0.2) is 0 Å². The standard InChI is InChI=1S/3C14H26O4.2Bi/c3*15-13(16)11-9-7-5-3-1-2-4-6-8-10-12-14(17)18;;/h3*1-12H2,(H,15,16)(H,17,18);;/q;;;2*+3/p-6. The second kappa shape index (κ2) is 53.6. The quantitative estimate of drug-likeness (QED) is 0.0638. The van der Waals surface area contributed by atoms with Crippen LogP contribution in [0.2, 0.25) is 0 Å². The zero-order chi connectivity index (χ0) is 40.9. The topological polar surface area (TPSA) is 241 Å². The Balaban J connectivity index is -0.000000228. The maximum atomic E-state index is 10.2. The van der Waals surface area contributed by atoms with E-state index in [0.717, 1.165) is 154 Å². The Kier molecular flexibility index (Phi) is 61.0. The van der Waals surface area contributed by atoms with Crippen molar-refractivity contribution in [2.75, 3.05) is 0 Å². The van der Waals surface area contributed by atoms with Crippen LogP contribution in [0.25, 0.3) is 0 Å². The molecule has 0 saturated heterocycles. The second-order valence-electron chi connectivity index (χ2n) is 14.3. The van der Waals surface area contributed by atoms with Crippen LogP contribution in [0.4, 0.5) is 0 Å². The Bertz CT molecular complexity index is 732. The van der Waals surface area contributed by atoms with Gasteiger partial charge in [0.15, 0.2) is 0 Å². The predicted molar refractivity (Wildman–Crippen MR) is 208 cm³/mol. The molecule has 12 nitrogen and oxygen atoms in total. The molecule has 0 aromatic rings. The molecule has 0 aliphatic rings. The minimum absolute atomic E-state index is 0. The van der Waals surface area contributed by atoms with Gasteiger partial charge in [-0.05, 0) is 77.0 Å². The van der Waals surface area contributed by atoms with E-state index in [4.69, 9.17) is 0 Å². The van der Waals surface area contributed by atoms with Gasteiger partial charge in [0, 0.05) is 35.8 Å². The van der Waals surface area contributed by atoms with Crippen LogP contribution in [0.5, 0.6) is 0 Å². The van der Waals surface area contributed by atoms with Gasteiger partial charge in [-0.25, -0.2) is 0 Å². The summed E-state index contributed by atoms with van der Waals surface area (Å²) in [6.07, 6.45) is 31.9. The number of hydrogen-bond acceptors (Lipinski definition) is 12. The zero-order valence-corrected chi connectivity index (χ0v) is 41.2. The molecule has 0 bridgehead atoms. The largest absolute Gasteiger partial charge is 3.00 e. The molecule has 4 radical (unpaired) electrons. The third-order valence-corrected chi connectivity index (χ3v) is 9.04. The van der Waals surface area contributed by atoms with Crippen molar-refractivity contribution in [1.29, 1.82) is 0 Å². The van der Waals surface area contributed by atoms with Gasteiger partial charge in [0.2, 0.25) is 0 Å². The van der Waals surface area contributed by atoms with Gasteiger partial charge in [-0.1, -0.05) is 154 Å². The first kappa shape index (κ1) is 63.7. The van der Waals surface area contributed by atoms with Crippen molar-refractivity contribution in [2.24, 2.45) is 0 Å². The number of hydrogen-bond donors (Lipinski definition) is 0. The van der Waals surface area contributed by atoms with Crippen molar-refractivity contribution < 1.29 is 59.4 Å². The van der Waals surface area contributed by atoms with Gasteiger partial charge in [-0.2, -0.15) is 0 Å². The van der Waals surface area contributed by atoms with Gasteiger partial charge < -0.3 is 59.4 Å². The van der Waals surface area contributed by atoms with Crippen LogP contribution in [-0.2, 0) is 28.8 Å². The first-order valence-electron chi connectivity index (χ1n) is 21.1. The van der Waals surface area contributed by atoms with E-state index in [1.54, 1.807) is 0 Å². The zero-order valence-electron chi connectivity index (χ0n) is 34.2. The average molecular weight is 1190 g/mol. The van der Waals surface area contributed by atoms with E-state index in [2.05, 4.69) is 0 Å². The minimum Gasteiger partial charge on any atom is -0.550 e. The summed E-state index contributed by atoms with van der Waals surface area (Å²) in [5, 5.41) is 60.9. The molecule has 0 heterocycles. The molecule has 0 atom stereocenters. The molecular formula is C42H72Bi2O12. The Morgan fingerprint density at radius 2 is 0.250 bits per heavy atom. The fraction of sp³-hybridized carbons (Fsp3) is 0.857. The number of carboxylic acid groups (broad SMARTS) is 6. The number of unbranched alkanes of at least 4 members (excludes halogenated alkanes) is 27. The molecule has 0 aromatic carbocycles. The summed E-state index contributed by atoms with van der Waals surface area (Å²) in [6, 6.07) is 0. The van der Waals surface area contributed by atoms with Crippen LogP contribution >= 0.6 is 0 Å². The summed E-state index contributed by atoms with van der Waals surface area (Å²) in [4.78, 5) is 60.9. The third-order valence-electron chi connectivity index (χ3n) is 9.04. The normalized spacial score (nSPS) is 10.1. The van der Waals surface area contributed by atoms with Gasteiger partial charge in [0.25, 0.3) is 0 Å². The van der Waals surface area contributed by atoms with Crippen molar-refractivity contribution in [3.05, 3.63) is 0 Å². The summed E-state index contributed by atoms with van der Waals surface area (Å²) in [5.41, 5.74) is 0.